The molecule has 1 unspecified atom stereocenters. The van der Waals surface area contributed by atoms with Crippen molar-refractivity contribution in [3.8, 4) is 0 Å². The summed E-state index contributed by atoms with van der Waals surface area (Å²) in [5.74, 6) is 0. The Balaban J connectivity index is 2.31. The zero-order valence-corrected chi connectivity index (χ0v) is 11.0. The highest BCUT2D eigenvalue weighted by atomic mass is 16.3. The first-order valence-corrected chi connectivity index (χ1v) is 6.89. The van der Waals surface area contributed by atoms with E-state index >= 15 is 0 Å². The Morgan fingerprint density at radius 3 is 2.62 bits per heavy atom. The maximum absolute atomic E-state index is 9.07. The van der Waals surface area contributed by atoms with E-state index in [2.05, 4.69) is 23.6 Å². The van der Waals surface area contributed by atoms with Crippen LogP contribution in [0.5, 0.6) is 0 Å². The lowest BCUT2D eigenvalue weighted by molar-refractivity contribution is 0.105. The molecule has 1 heterocycles. The Morgan fingerprint density at radius 2 is 2.00 bits per heavy atom. The first kappa shape index (κ1) is 13.9. The molecule has 96 valence electrons. The number of aliphatic hydroxyl groups is 1. The van der Waals surface area contributed by atoms with Crippen molar-refractivity contribution < 1.29 is 5.11 Å². The molecule has 0 aromatic carbocycles. The van der Waals surface area contributed by atoms with Crippen LogP contribution in [0.3, 0.4) is 0 Å². The third kappa shape index (κ3) is 4.40. The van der Waals surface area contributed by atoms with Gasteiger partial charge in [0.05, 0.1) is 0 Å². The molecule has 1 rings (SSSR count). The van der Waals surface area contributed by atoms with Crippen molar-refractivity contribution in [3.63, 3.8) is 0 Å². The molecule has 0 aromatic heterocycles. The molecule has 0 amide bonds. The highest BCUT2D eigenvalue weighted by Gasteiger charge is 2.21. The van der Waals surface area contributed by atoms with E-state index in [1.807, 2.05) is 0 Å². The average Bonchev–Trinajstić information content (AvgIpc) is 2.33. The van der Waals surface area contributed by atoms with Gasteiger partial charge in [-0.15, -0.1) is 0 Å². The van der Waals surface area contributed by atoms with Gasteiger partial charge in [-0.25, -0.2) is 0 Å². The molecule has 0 radical (unpaired) electrons. The lowest BCUT2D eigenvalue weighted by Crippen LogP contribution is -2.44. The van der Waals surface area contributed by atoms with E-state index in [1.165, 1.54) is 38.9 Å². The van der Waals surface area contributed by atoms with Crippen LogP contribution in [0.1, 0.15) is 39.5 Å². The molecule has 1 aliphatic rings. The summed E-state index contributed by atoms with van der Waals surface area (Å²) in [5.41, 5.74) is 0. The van der Waals surface area contributed by atoms with Crippen molar-refractivity contribution in [1.82, 2.24) is 9.80 Å². The molecule has 0 bridgehead atoms. The van der Waals surface area contributed by atoms with Crippen LogP contribution in [0, 0.1) is 0 Å². The summed E-state index contributed by atoms with van der Waals surface area (Å²) in [6, 6.07) is 0.634. The lowest BCUT2D eigenvalue weighted by atomic mass is 10.00. The molecule has 1 atom stereocenters. The summed E-state index contributed by atoms with van der Waals surface area (Å²) < 4.78 is 0. The topological polar surface area (TPSA) is 26.7 Å². The van der Waals surface area contributed by atoms with Crippen molar-refractivity contribution in [2.24, 2.45) is 0 Å². The molecule has 3 heteroatoms. The number of hydrogen-bond donors (Lipinski definition) is 1. The standard InChI is InChI=1S/C13H28N2O/c1-3-14(4-2)10-11-15-9-6-5-7-13(15)8-12-16/h13,16H,3-12H2,1-2H3. The zero-order chi connectivity index (χ0) is 11.8. The van der Waals surface area contributed by atoms with Crippen LogP contribution in [-0.4, -0.2) is 60.3 Å². The monoisotopic (exact) mass is 228 g/mol. The number of likely N-dealkylation sites (N-methyl/N-ethyl adjacent to an activating group) is 1. The number of likely N-dealkylation sites (tertiary alicyclic amines) is 1. The normalized spacial score (nSPS) is 22.9. The van der Waals surface area contributed by atoms with E-state index in [9.17, 15) is 0 Å². The first-order chi connectivity index (χ1) is 7.81. The predicted molar refractivity (Wildman–Crippen MR) is 68.7 cm³/mol. The van der Waals surface area contributed by atoms with Crippen LogP contribution in [0.15, 0.2) is 0 Å². The number of piperidine rings is 1. The maximum atomic E-state index is 9.07. The Kier molecular flexibility index (Phi) is 7.01. The quantitative estimate of drug-likeness (QED) is 0.716. The summed E-state index contributed by atoms with van der Waals surface area (Å²) in [6.07, 6.45) is 4.91. The Hall–Kier alpha value is -0.120. The van der Waals surface area contributed by atoms with Crippen LogP contribution in [0.25, 0.3) is 0 Å². The molecule has 0 aliphatic carbocycles. The summed E-state index contributed by atoms with van der Waals surface area (Å²) in [7, 11) is 0. The fraction of sp³-hybridized carbons (Fsp3) is 1.00. The van der Waals surface area contributed by atoms with Crippen molar-refractivity contribution in [2.75, 3.05) is 39.3 Å². The number of rotatable bonds is 7. The Labute approximate surface area is 100 Å². The van der Waals surface area contributed by atoms with Gasteiger partial charge in [0.15, 0.2) is 0 Å². The van der Waals surface area contributed by atoms with E-state index in [0.717, 1.165) is 19.5 Å². The minimum atomic E-state index is 0.340. The van der Waals surface area contributed by atoms with Gasteiger partial charge in [-0.2, -0.15) is 0 Å². The average molecular weight is 228 g/mol. The van der Waals surface area contributed by atoms with Crippen molar-refractivity contribution in [2.45, 2.75) is 45.6 Å². The molecule has 1 fully saturated rings. The third-order valence-corrected chi connectivity index (χ3v) is 3.81. The van der Waals surface area contributed by atoms with Gasteiger partial charge in [-0.3, -0.25) is 4.90 Å². The van der Waals surface area contributed by atoms with Crippen LogP contribution in [0.4, 0.5) is 0 Å². The second-order valence-electron chi connectivity index (χ2n) is 4.72. The van der Waals surface area contributed by atoms with Gasteiger partial charge >= 0.3 is 0 Å². The summed E-state index contributed by atoms with van der Waals surface area (Å²) in [4.78, 5) is 5.06. The smallest absolute Gasteiger partial charge is 0.0445 e. The first-order valence-electron chi connectivity index (χ1n) is 6.89. The SMILES string of the molecule is CCN(CC)CCN1CCCCC1CCO. The van der Waals surface area contributed by atoms with E-state index in [0.29, 0.717) is 12.6 Å². The number of hydrogen-bond acceptors (Lipinski definition) is 3. The minimum Gasteiger partial charge on any atom is -0.396 e. The summed E-state index contributed by atoms with van der Waals surface area (Å²) in [5, 5.41) is 9.07. The fourth-order valence-corrected chi connectivity index (χ4v) is 2.64. The van der Waals surface area contributed by atoms with Gasteiger partial charge in [0.25, 0.3) is 0 Å². The zero-order valence-electron chi connectivity index (χ0n) is 11.0. The van der Waals surface area contributed by atoms with E-state index in [-0.39, 0.29) is 0 Å². The van der Waals surface area contributed by atoms with E-state index < -0.39 is 0 Å². The van der Waals surface area contributed by atoms with Gasteiger partial charge in [-0.05, 0) is 38.9 Å². The predicted octanol–water partition coefficient (Wildman–Crippen LogP) is 1.57. The van der Waals surface area contributed by atoms with Crippen molar-refractivity contribution in [3.05, 3.63) is 0 Å². The largest absolute Gasteiger partial charge is 0.396 e. The molecule has 16 heavy (non-hydrogen) atoms. The van der Waals surface area contributed by atoms with E-state index in [4.69, 9.17) is 5.11 Å². The van der Waals surface area contributed by atoms with Crippen molar-refractivity contribution in [1.29, 1.82) is 0 Å². The van der Waals surface area contributed by atoms with Gasteiger partial charge in [0.2, 0.25) is 0 Å². The van der Waals surface area contributed by atoms with Crippen LogP contribution < -0.4 is 0 Å². The van der Waals surface area contributed by atoms with Gasteiger partial charge in [0, 0.05) is 25.7 Å². The number of nitrogens with zero attached hydrogens (tertiary/aromatic N) is 2. The second kappa shape index (κ2) is 8.04. The highest BCUT2D eigenvalue weighted by Crippen LogP contribution is 2.18. The molecule has 0 saturated carbocycles. The van der Waals surface area contributed by atoms with Gasteiger partial charge in [0.1, 0.15) is 0 Å². The molecular weight excluding hydrogens is 200 g/mol. The lowest BCUT2D eigenvalue weighted by Gasteiger charge is -2.36. The molecular formula is C13H28N2O. The highest BCUT2D eigenvalue weighted by molar-refractivity contribution is 4.77. The van der Waals surface area contributed by atoms with Crippen LogP contribution >= 0.6 is 0 Å². The van der Waals surface area contributed by atoms with Gasteiger partial charge < -0.3 is 10.0 Å². The van der Waals surface area contributed by atoms with Crippen molar-refractivity contribution >= 4 is 0 Å². The van der Waals surface area contributed by atoms with Crippen LogP contribution in [0.2, 0.25) is 0 Å². The van der Waals surface area contributed by atoms with Crippen LogP contribution in [-0.2, 0) is 0 Å². The summed E-state index contributed by atoms with van der Waals surface area (Å²) >= 11 is 0. The second-order valence-corrected chi connectivity index (χ2v) is 4.72. The molecule has 1 aliphatic heterocycles. The summed E-state index contributed by atoms with van der Waals surface area (Å²) in [6.45, 7) is 10.7. The minimum absolute atomic E-state index is 0.340. The molecule has 3 nitrogen and oxygen atoms in total. The maximum Gasteiger partial charge on any atom is 0.0445 e. The van der Waals surface area contributed by atoms with E-state index in [1.54, 1.807) is 0 Å². The Bertz CT molecular complexity index is 169. The molecule has 1 saturated heterocycles. The third-order valence-electron chi connectivity index (χ3n) is 3.81. The Morgan fingerprint density at radius 1 is 1.25 bits per heavy atom. The fourth-order valence-electron chi connectivity index (χ4n) is 2.64. The molecule has 0 aromatic rings. The molecule has 1 N–H and O–H groups in total. The number of aliphatic hydroxyl groups excluding tert-OH is 1. The van der Waals surface area contributed by atoms with Gasteiger partial charge in [-0.1, -0.05) is 20.3 Å². The molecule has 0 spiro atoms.